The van der Waals surface area contributed by atoms with Gasteiger partial charge in [0.25, 0.3) is 0 Å². The van der Waals surface area contributed by atoms with E-state index in [9.17, 15) is 26.3 Å². The van der Waals surface area contributed by atoms with Crippen LogP contribution in [0.1, 0.15) is 31.2 Å². The van der Waals surface area contributed by atoms with Crippen molar-refractivity contribution in [2.75, 3.05) is 0 Å². The van der Waals surface area contributed by atoms with Gasteiger partial charge in [-0.15, -0.1) is 0 Å². The van der Waals surface area contributed by atoms with E-state index >= 15 is 0 Å². The Hall–Kier alpha value is -1.24. The fourth-order valence-corrected chi connectivity index (χ4v) is 2.60. The van der Waals surface area contributed by atoms with E-state index in [4.69, 9.17) is 0 Å². The Balaban J connectivity index is 1.85. The van der Waals surface area contributed by atoms with Gasteiger partial charge in [0.15, 0.2) is 17.5 Å². The average Bonchev–Trinajstić information content (AvgIpc) is 2.42. The van der Waals surface area contributed by atoms with Crippen LogP contribution in [0.25, 0.3) is 0 Å². The van der Waals surface area contributed by atoms with Gasteiger partial charge in [0.05, 0.1) is 5.92 Å². The first-order valence-corrected chi connectivity index (χ1v) is 6.71. The van der Waals surface area contributed by atoms with Crippen LogP contribution in [0.3, 0.4) is 0 Å². The summed E-state index contributed by atoms with van der Waals surface area (Å²) < 4.78 is 76.3. The molecule has 0 radical (unpaired) electrons. The lowest BCUT2D eigenvalue weighted by atomic mass is 9.85. The van der Waals surface area contributed by atoms with Crippen LogP contribution in [0.15, 0.2) is 12.1 Å². The molecule has 1 saturated carbocycles. The van der Waals surface area contributed by atoms with Crippen LogP contribution in [0.5, 0.6) is 0 Å². The van der Waals surface area contributed by atoms with Crippen molar-refractivity contribution >= 4 is 0 Å². The Bertz CT molecular complexity index is 468. The van der Waals surface area contributed by atoms with Gasteiger partial charge in [0, 0.05) is 12.6 Å². The molecule has 1 N–H and O–H groups in total. The molecule has 1 nitrogen and oxygen atoms in total. The second kappa shape index (κ2) is 6.25. The Morgan fingerprint density at radius 1 is 0.952 bits per heavy atom. The van der Waals surface area contributed by atoms with Crippen molar-refractivity contribution in [1.29, 1.82) is 0 Å². The second-order valence-corrected chi connectivity index (χ2v) is 5.34. The number of hydrogen-bond acceptors (Lipinski definition) is 1. The standard InChI is InChI=1S/C14H15F6N/c15-11-5-8(6-12(16)13(11)17)7-21-10-3-1-9(2-4-10)14(18,19)20/h5-6,9-10,21H,1-4,7H2. The first-order chi connectivity index (χ1) is 9.77. The highest BCUT2D eigenvalue weighted by Gasteiger charge is 2.41. The molecule has 118 valence electrons. The largest absolute Gasteiger partial charge is 0.391 e. The zero-order valence-corrected chi connectivity index (χ0v) is 11.1. The summed E-state index contributed by atoms with van der Waals surface area (Å²) in [7, 11) is 0. The van der Waals surface area contributed by atoms with Crippen LogP contribution in [-0.4, -0.2) is 12.2 Å². The fraction of sp³-hybridized carbons (Fsp3) is 0.571. The third kappa shape index (κ3) is 4.12. The van der Waals surface area contributed by atoms with E-state index in [0.717, 1.165) is 12.1 Å². The molecule has 0 aromatic heterocycles. The Labute approximate surface area is 118 Å². The normalized spacial score (nSPS) is 23.3. The molecule has 7 heteroatoms. The van der Waals surface area contributed by atoms with Crippen LogP contribution in [-0.2, 0) is 6.54 Å². The third-order valence-corrected chi connectivity index (χ3v) is 3.83. The summed E-state index contributed by atoms with van der Waals surface area (Å²) in [6.45, 7) is 0.0927. The van der Waals surface area contributed by atoms with Crippen molar-refractivity contribution in [3.63, 3.8) is 0 Å². The molecule has 0 aliphatic heterocycles. The molecular formula is C14H15F6N. The first-order valence-electron chi connectivity index (χ1n) is 6.71. The van der Waals surface area contributed by atoms with Crippen LogP contribution < -0.4 is 5.32 Å². The number of halogens is 6. The monoisotopic (exact) mass is 311 g/mol. The Kier molecular flexibility index (Phi) is 4.81. The van der Waals surface area contributed by atoms with E-state index in [2.05, 4.69) is 5.32 Å². The molecular weight excluding hydrogens is 296 g/mol. The molecule has 21 heavy (non-hydrogen) atoms. The predicted molar refractivity (Wildman–Crippen MR) is 65.0 cm³/mol. The summed E-state index contributed by atoms with van der Waals surface area (Å²) in [5, 5.41) is 2.96. The van der Waals surface area contributed by atoms with Gasteiger partial charge in [0.2, 0.25) is 0 Å². The van der Waals surface area contributed by atoms with Gasteiger partial charge in [0.1, 0.15) is 0 Å². The van der Waals surface area contributed by atoms with Gasteiger partial charge >= 0.3 is 6.18 Å². The molecule has 0 bridgehead atoms. The summed E-state index contributed by atoms with van der Waals surface area (Å²) in [6.07, 6.45) is -3.35. The van der Waals surface area contributed by atoms with Crippen molar-refractivity contribution < 1.29 is 26.3 Å². The summed E-state index contributed by atoms with van der Waals surface area (Å²) in [5.74, 6) is -5.33. The van der Waals surface area contributed by atoms with Crippen molar-refractivity contribution in [2.45, 2.75) is 44.4 Å². The van der Waals surface area contributed by atoms with Gasteiger partial charge in [-0.2, -0.15) is 13.2 Å². The zero-order valence-electron chi connectivity index (χ0n) is 11.1. The van der Waals surface area contributed by atoms with E-state index in [1.54, 1.807) is 0 Å². The summed E-state index contributed by atoms with van der Waals surface area (Å²) in [4.78, 5) is 0. The van der Waals surface area contributed by atoms with E-state index < -0.39 is 29.5 Å². The second-order valence-electron chi connectivity index (χ2n) is 5.34. The fourth-order valence-electron chi connectivity index (χ4n) is 2.60. The average molecular weight is 311 g/mol. The molecule has 1 aliphatic rings. The lowest BCUT2D eigenvalue weighted by Gasteiger charge is -2.30. The van der Waals surface area contributed by atoms with Crippen molar-refractivity contribution in [2.24, 2.45) is 5.92 Å². The summed E-state index contributed by atoms with van der Waals surface area (Å²) in [5.41, 5.74) is 0.226. The lowest BCUT2D eigenvalue weighted by Crippen LogP contribution is -2.36. The molecule has 1 aliphatic carbocycles. The minimum absolute atomic E-state index is 0.0489. The molecule has 1 aromatic rings. The quantitative estimate of drug-likeness (QED) is 0.648. The maximum atomic E-state index is 13.0. The van der Waals surface area contributed by atoms with Crippen molar-refractivity contribution in [1.82, 2.24) is 5.32 Å². The summed E-state index contributed by atoms with van der Waals surface area (Å²) >= 11 is 0. The number of benzene rings is 1. The lowest BCUT2D eigenvalue weighted by molar-refractivity contribution is -0.182. The molecule has 2 rings (SSSR count). The minimum atomic E-state index is -4.16. The van der Waals surface area contributed by atoms with Crippen LogP contribution in [0.4, 0.5) is 26.3 Å². The SMILES string of the molecule is Fc1cc(CNC2CCC(C(F)(F)F)CC2)cc(F)c1F. The van der Waals surface area contributed by atoms with Crippen LogP contribution >= 0.6 is 0 Å². The number of rotatable bonds is 3. The van der Waals surface area contributed by atoms with E-state index in [-0.39, 0.29) is 31.0 Å². The van der Waals surface area contributed by atoms with E-state index in [1.165, 1.54) is 0 Å². The zero-order chi connectivity index (χ0) is 15.6. The molecule has 1 fully saturated rings. The smallest absolute Gasteiger partial charge is 0.310 e. The van der Waals surface area contributed by atoms with Gasteiger partial charge < -0.3 is 5.32 Å². The van der Waals surface area contributed by atoms with Crippen molar-refractivity contribution in [3.8, 4) is 0 Å². The molecule has 0 heterocycles. The third-order valence-electron chi connectivity index (χ3n) is 3.83. The Morgan fingerprint density at radius 3 is 1.95 bits per heavy atom. The minimum Gasteiger partial charge on any atom is -0.310 e. The van der Waals surface area contributed by atoms with Crippen LogP contribution in [0, 0.1) is 23.4 Å². The molecule has 0 atom stereocenters. The highest BCUT2D eigenvalue weighted by Crippen LogP contribution is 2.37. The van der Waals surface area contributed by atoms with E-state index in [1.807, 2.05) is 0 Å². The van der Waals surface area contributed by atoms with E-state index in [0.29, 0.717) is 12.8 Å². The molecule has 0 amide bonds. The summed E-state index contributed by atoms with van der Waals surface area (Å²) in [6, 6.07) is 1.64. The number of nitrogens with one attached hydrogen (secondary N) is 1. The molecule has 1 aromatic carbocycles. The number of alkyl halides is 3. The van der Waals surface area contributed by atoms with Crippen molar-refractivity contribution in [3.05, 3.63) is 35.1 Å². The highest BCUT2D eigenvalue weighted by molar-refractivity contribution is 5.19. The predicted octanol–water partition coefficient (Wildman–Crippen LogP) is 4.31. The van der Waals surface area contributed by atoms with Gasteiger partial charge in [-0.3, -0.25) is 0 Å². The van der Waals surface area contributed by atoms with Crippen LogP contribution in [0.2, 0.25) is 0 Å². The van der Waals surface area contributed by atoms with Gasteiger partial charge in [-0.25, -0.2) is 13.2 Å². The Morgan fingerprint density at radius 2 is 1.48 bits per heavy atom. The molecule has 0 unspecified atom stereocenters. The highest BCUT2D eigenvalue weighted by atomic mass is 19.4. The van der Waals surface area contributed by atoms with Gasteiger partial charge in [-0.1, -0.05) is 0 Å². The molecule has 0 spiro atoms. The number of hydrogen-bond donors (Lipinski definition) is 1. The first kappa shape index (κ1) is 16.1. The maximum Gasteiger partial charge on any atom is 0.391 e. The molecule has 0 saturated heterocycles. The van der Waals surface area contributed by atoms with Gasteiger partial charge in [-0.05, 0) is 43.4 Å². The topological polar surface area (TPSA) is 12.0 Å². The maximum absolute atomic E-state index is 13.0.